The molecule has 1 amide bonds. The van der Waals surface area contributed by atoms with Crippen LogP contribution in [-0.2, 0) is 9.16 Å². The average Bonchev–Trinajstić information content (AvgIpc) is 3.27. The predicted molar refractivity (Wildman–Crippen MR) is 136 cm³/mol. The second-order valence-corrected chi connectivity index (χ2v) is 16.7. The number of halogens is 1. The summed E-state index contributed by atoms with van der Waals surface area (Å²) in [4.78, 5) is 29.3. The van der Waals surface area contributed by atoms with E-state index in [0.717, 1.165) is 0 Å². The zero-order valence-corrected chi connectivity index (χ0v) is 23.0. The first-order chi connectivity index (χ1) is 16.0. The summed E-state index contributed by atoms with van der Waals surface area (Å²) in [6, 6.07) is 3.83. The van der Waals surface area contributed by atoms with E-state index in [9.17, 15) is 19.3 Å². The molecule has 2 aromatic rings. The molecule has 0 saturated carbocycles. The van der Waals surface area contributed by atoms with Crippen molar-refractivity contribution in [3.63, 3.8) is 0 Å². The van der Waals surface area contributed by atoms with E-state index in [1.807, 2.05) is 0 Å². The number of fused-ring (bicyclic) bond motifs is 1. The van der Waals surface area contributed by atoms with Crippen LogP contribution in [0.1, 0.15) is 59.4 Å². The molecule has 1 aliphatic heterocycles. The first-order valence-electron chi connectivity index (χ1n) is 12.0. The Labute approximate surface area is 207 Å². The summed E-state index contributed by atoms with van der Waals surface area (Å²) in [5.74, 6) is -1.01. The number of nitrogens with zero attached hydrogens (tertiary/aromatic N) is 2. The zero-order valence-electron chi connectivity index (χ0n) is 22.0. The van der Waals surface area contributed by atoms with Crippen molar-refractivity contribution in [2.45, 2.75) is 89.8 Å². The van der Waals surface area contributed by atoms with Crippen LogP contribution in [0.15, 0.2) is 24.4 Å². The number of likely N-dealkylation sites (tertiary alicyclic amines) is 1. The number of nitrogens with one attached hydrogen (secondary N) is 1. The van der Waals surface area contributed by atoms with E-state index in [1.54, 1.807) is 37.9 Å². The summed E-state index contributed by atoms with van der Waals surface area (Å²) in [5, 5.41) is 12.5. The molecule has 0 bridgehead atoms. The van der Waals surface area contributed by atoms with Crippen LogP contribution < -0.4 is 0 Å². The maximum Gasteiger partial charge on any atom is 0.410 e. The number of rotatable bonds is 6. The highest BCUT2D eigenvalue weighted by Gasteiger charge is 2.48. The molecule has 35 heavy (non-hydrogen) atoms. The van der Waals surface area contributed by atoms with E-state index < -0.39 is 37.8 Å². The molecule has 1 saturated heterocycles. The van der Waals surface area contributed by atoms with Gasteiger partial charge in [0.05, 0.1) is 18.1 Å². The van der Waals surface area contributed by atoms with Crippen molar-refractivity contribution in [1.82, 2.24) is 9.88 Å². The van der Waals surface area contributed by atoms with Crippen molar-refractivity contribution in [1.29, 1.82) is 0 Å². The second-order valence-electron chi connectivity index (χ2n) is 12.0. The summed E-state index contributed by atoms with van der Waals surface area (Å²) in [7, 11) is -2.15. The van der Waals surface area contributed by atoms with Crippen LogP contribution >= 0.6 is 0 Å². The molecule has 0 radical (unpaired) electrons. The van der Waals surface area contributed by atoms with Crippen molar-refractivity contribution >= 4 is 25.3 Å². The number of aromatic nitrogens is 1. The molecule has 3 atom stereocenters. The minimum Gasteiger partial charge on any atom is -0.444 e. The minimum atomic E-state index is -2.15. The smallest absolute Gasteiger partial charge is 0.410 e. The lowest BCUT2D eigenvalue weighted by Crippen LogP contribution is -2.45. The molecule has 1 fully saturated rings. The van der Waals surface area contributed by atoms with Crippen molar-refractivity contribution in [2.24, 2.45) is 0 Å². The van der Waals surface area contributed by atoms with E-state index in [0.29, 0.717) is 29.4 Å². The number of carbonyl (C=O) groups excluding carboxylic acids is 1. The van der Waals surface area contributed by atoms with Crippen LogP contribution in [0, 0.1) is 15.9 Å². The van der Waals surface area contributed by atoms with E-state index in [-0.39, 0.29) is 22.6 Å². The molecule has 1 N–H and O–H groups in total. The van der Waals surface area contributed by atoms with Crippen LogP contribution in [0.4, 0.5) is 9.18 Å². The van der Waals surface area contributed by atoms with E-state index >= 15 is 0 Å². The maximum atomic E-state index is 13.8. The SMILES string of the molecule is CC(C)(C)OC(=O)N1C[C@H](O[Si](C)(C)C(C)(C)C)C[C@H]1C(C[N+](=O)[O-])c1c[nH]c2cc(F)ccc12. The lowest BCUT2D eigenvalue weighted by molar-refractivity contribution is -0.484. The molecule has 3 rings (SSSR count). The quantitative estimate of drug-likeness (QED) is 0.291. The van der Waals surface area contributed by atoms with Gasteiger partial charge in [-0.1, -0.05) is 20.8 Å². The van der Waals surface area contributed by atoms with Gasteiger partial charge in [0.25, 0.3) is 0 Å². The fourth-order valence-electron chi connectivity index (χ4n) is 4.43. The lowest BCUT2D eigenvalue weighted by atomic mass is 9.89. The Bertz CT molecular complexity index is 1090. The summed E-state index contributed by atoms with van der Waals surface area (Å²) in [5.41, 5.74) is 0.532. The van der Waals surface area contributed by atoms with Gasteiger partial charge >= 0.3 is 6.09 Å². The van der Waals surface area contributed by atoms with Gasteiger partial charge in [0.15, 0.2) is 8.32 Å². The van der Waals surface area contributed by atoms with Gasteiger partial charge in [0, 0.05) is 28.6 Å². The Morgan fingerprint density at radius 2 is 1.94 bits per heavy atom. The topological polar surface area (TPSA) is 97.7 Å². The van der Waals surface area contributed by atoms with Crippen molar-refractivity contribution in [3.05, 3.63) is 45.9 Å². The average molecular weight is 508 g/mol. The van der Waals surface area contributed by atoms with Crippen molar-refractivity contribution in [3.8, 4) is 0 Å². The Morgan fingerprint density at radius 1 is 1.29 bits per heavy atom. The first kappa shape index (κ1) is 27.1. The molecule has 1 aliphatic rings. The third-order valence-electron chi connectivity index (χ3n) is 7.09. The fourth-order valence-corrected chi connectivity index (χ4v) is 5.79. The number of ether oxygens (including phenoxy) is 1. The van der Waals surface area contributed by atoms with Crippen molar-refractivity contribution in [2.75, 3.05) is 13.1 Å². The van der Waals surface area contributed by atoms with Gasteiger partial charge in [-0.2, -0.15) is 0 Å². The molecule has 2 heterocycles. The monoisotopic (exact) mass is 507 g/mol. The summed E-state index contributed by atoms with van der Waals surface area (Å²) >= 11 is 0. The van der Waals surface area contributed by atoms with Crippen LogP contribution in [0.2, 0.25) is 18.1 Å². The molecular weight excluding hydrogens is 469 g/mol. The maximum absolute atomic E-state index is 13.8. The second kappa shape index (κ2) is 9.53. The Morgan fingerprint density at radius 3 is 2.51 bits per heavy atom. The van der Waals surface area contributed by atoms with Gasteiger partial charge < -0.3 is 19.0 Å². The molecule has 1 aromatic heterocycles. The number of hydrogen-bond donors (Lipinski definition) is 1. The molecule has 8 nitrogen and oxygen atoms in total. The van der Waals surface area contributed by atoms with Gasteiger partial charge in [0.1, 0.15) is 11.4 Å². The first-order valence-corrected chi connectivity index (χ1v) is 14.9. The van der Waals surface area contributed by atoms with Gasteiger partial charge in [-0.25, -0.2) is 9.18 Å². The predicted octanol–water partition coefficient (Wildman–Crippen LogP) is 6.07. The molecule has 1 unspecified atom stereocenters. The van der Waals surface area contributed by atoms with Gasteiger partial charge in [-0.05, 0) is 69.1 Å². The molecule has 0 spiro atoms. The fraction of sp³-hybridized carbons (Fsp3) is 0.640. The number of nitro groups is 1. The molecule has 1 aromatic carbocycles. The normalized spacial score (nSPS) is 20.3. The Balaban J connectivity index is 2.02. The van der Waals surface area contributed by atoms with Crippen LogP contribution in [0.25, 0.3) is 10.9 Å². The third kappa shape index (κ3) is 6.21. The van der Waals surface area contributed by atoms with Crippen molar-refractivity contribution < 1.29 is 23.3 Å². The third-order valence-corrected chi connectivity index (χ3v) is 11.6. The van der Waals surface area contributed by atoms with Gasteiger partial charge in [-0.3, -0.25) is 10.1 Å². The highest BCUT2D eigenvalue weighted by atomic mass is 28.4. The Hall–Kier alpha value is -2.46. The number of H-pyrrole nitrogens is 1. The number of benzene rings is 1. The Kier molecular flexibility index (Phi) is 7.39. The standard InChI is InChI=1S/C25H38FN3O5Si/c1-24(2,3)33-23(30)28-14-17(34-35(7,8)25(4,5)6)12-22(28)20(15-29(31)32)19-13-27-21-11-16(26)9-10-18(19)21/h9-11,13,17,20,22,27H,12,14-15H2,1-8H3/t17-,20?,22+/m1/s1. The van der Waals surface area contributed by atoms with Gasteiger partial charge in [-0.15, -0.1) is 0 Å². The summed E-state index contributed by atoms with van der Waals surface area (Å²) in [6.45, 7) is 16.1. The molecule has 0 aliphatic carbocycles. The zero-order chi connectivity index (χ0) is 26.3. The molecular formula is C25H38FN3O5Si. The molecule has 194 valence electrons. The van der Waals surface area contributed by atoms with E-state index in [1.165, 1.54) is 12.1 Å². The number of aromatic amines is 1. The number of amides is 1. The minimum absolute atomic E-state index is 0.0248. The lowest BCUT2D eigenvalue weighted by Gasteiger charge is -2.38. The summed E-state index contributed by atoms with van der Waals surface area (Å²) in [6.07, 6.45) is 1.37. The highest BCUT2D eigenvalue weighted by Crippen LogP contribution is 2.42. The number of carbonyl (C=O) groups is 1. The molecule has 10 heteroatoms. The summed E-state index contributed by atoms with van der Waals surface area (Å²) < 4.78 is 26.1. The van der Waals surface area contributed by atoms with Gasteiger partial charge in [0.2, 0.25) is 6.54 Å². The van der Waals surface area contributed by atoms with Crippen LogP contribution in [0.5, 0.6) is 0 Å². The van der Waals surface area contributed by atoms with Crippen LogP contribution in [0.3, 0.4) is 0 Å². The van der Waals surface area contributed by atoms with E-state index in [2.05, 4.69) is 38.8 Å². The largest absolute Gasteiger partial charge is 0.444 e. The number of hydrogen-bond acceptors (Lipinski definition) is 5. The van der Waals surface area contributed by atoms with E-state index in [4.69, 9.17) is 9.16 Å². The van der Waals surface area contributed by atoms with Crippen LogP contribution in [-0.4, -0.2) is 60.1 Å². The highest BCUT2D eigenvalue weighted by molar-refractivity contribution is 6.74.